The molecule has 0 radical (unpaired) electrons. The molecule has 1 saturated heterocycles. The van der Waals surface area contributed by atoms with Crippen LogP contribution in [0.5, 0.6) is 5.75 Å². The highest BCUT2D eigenvalue weighted by atomic mass is 16.3. The number of aromatic hydroxyl groups is 1. The second kappa shape index (κ2) is 8.47. The van der Waals surface area contributed by atoms with Crippen LogP contribution in [-0.4, -0.2) is 34.1 Å². The fraction of sp³-hybridized carbons (Fsp3) is 0.348. The first kappa shape index (κ1) is 19.2. The van der Waals surface area contributed by atoms with Crippen LogP contribution in [0, 0.1) is 0 Å². The number of carbonyl (C=O) groups excluding carboxylic acids is 1. The van der Waals surface area contributed by atoms with Crippen molar-refractivity contribution in [3.8, 4) is 5.75 Å². The average molecular weight is 390 g/mol. The van der Waals surface area contributed by atoms with E-state index in [-0.39, 0.29) is 11.7 Å². The number of anilines is 1. The summed E-state index contributed by atoms with van der Waals surface area (Å²) >= 11 is 0. The van der Waals surface area contributed by atoms with E-state index in [4.69, 9.17) is 0 Å². The molecular weight excluding hydrogens is 364 g/mol. The number of aromatic nitrogens is 2. The monoisotopic (exact) mass is 390 g/mol. The van der Waals surface area contributed by atoms with Crippen LogP contribution >= 0.6 is 0 Å². The van der Waals surface area contributed by atoms with Gasteiger partial charge in [-0.15, -0.1) is 0 Å². The van der Waals surface area contributed by atoms with Crippen LogP contribution in [0.15, 0.2) is 48.9 Å². The van der Waals surface area contributed by atoms with Crippen molar-refractivity contribution in [3.05, 3.63) is 60.0 Å². The summed E-state index contributed by atoms with van der Waals surface area (Å²) in [5.74, 6) is 0.0544. The van der Waals surface area contributed by atoms with E-state index >= 15 is 0 Å². The number of amides is 1. The van der Waals surface area contributed by atoms with E-state index in [2.05, 4.69) is 20.2 Å². The van der Waals surface area contributed by atoms with E-state index in [1.807, 2.05) is 37.3 Å². The summed E-state index contributed by atoms with van der Waals surface area (Å²) in [6.07, 6.45) is 8.61. The number of phenolic OH excluding ortho intramolecular Hbond substituents is 1. The third-order valence-corrected chi connectivity index (χ3v) is 5.43. The molecule has 0 spiro atoms. The van der Waals surface area contributed by atoms with E-state index in [9.17, 15) is 9.90 Å². The van der Waals surface area contributed by atoms with Gasteiger partial charge in [0.2, 0.25) is 5.91 Å². The van der Waals surface area contributed by atoms with Gasteiger partial charge in [-0.1, -0.05) is 13.0 Å². The van der Waals surface area contributed by atoms with E-state index < -0.39 is 6.04 Å². The predicted octanol–water partition coefficient (Wildman–Crippen LogP) is 3.94. The van der Waals surface area contributed by atoms with E-state index in [0.29, 0.717) is 17.5 Å². The minimum absolute atomic E-state index is 0.0513. The molecule has 1 atom stereocenters. The molecule has 1 unspecified atom stereocenters. The fourth-order valence-electron chi connectivity index (χ4n) is 4.02. The van der Waals surface area contributed by atoms with Gasteiger partial charge in [-0.05, 0) is 49.1 Å². The zero-order valence-corrected chi connectivity index (χ0v) is 16.6. The largest absolute Gasteiger partial charge is 0.505 e. The third kappa shape index (κ3) is 3.88. The minimum Gasteiger partial charge on any atom is -0.505 e. The number of phenols is 1. The Bertz CT molecular complexity index is 1000. The highest BCUT2D eigenvalue weighted by Gasteiger charge is 2.25. The lowest BCUT2D eigenvalue weighted by atomic mass is 9.95. The number of carbonyl (C=O) groups is 1. The number of hydrogen-bond acceptors (Lipinski definition) is 5. The van der Waals surface area contributed by atoms with Gasteiger partial charge in [0.25, 0.3) is 0 Å². The smallest absolute Gasteiger partial charge is 0.220 e. The number of pyridine rings is 2. The number of benzene rings is 1. The van der Waals surface area contributed by atoms with Crippen molar-refractivity contribution < 1.29 is 9.90 Å². The van der Waals surface area contributed by atoms with Crippen LogP contribution in [0.2, 0.25) is 0 Å². The average Bonchev–Trinajstić information content (AvgIpc) is 3.28. The molecule has 150 valence electrons. The number of nitrogens with one attached hydrogen (secondary N) is 1. The van der Waals surface area contributed by atoms with Gasteiger partial charge in [0, 0.05) is 54.7 Å². The highest BCUT2D eigenvalue weighted by Crippen LogP contribution is 2.40. The maximum Gasteiger partial charge on any atom is 0.220 e. The van der Waals surface area contributed by atoms with Crippen LogP contribution in [-0.2, 0) is 4.79 Å². The quantitative estimate of drug-likeness (QED) is 0.666. The molecule has 3 heterocycles. The molecule has 1 aliphatic rings. The van der Waals surface area contributed by atoms with Crippen molar-refractivity contribution in [3.63, 3.8) is 0 Å². The van der Waals surface area contributed by atoms with Crippen LogP contribution in [0.25, 0.3) is 10.9 Å². The molecule has 1 amide bonds. The molecule has 0 aliphatic carbocycles. The predicted molar refractivity (Wildman–Crippen MR) is 114 cm³/mol. The van der Waals surface area contributed by atoms with Gasteiger partial charge < -0.3 is 15.3 Å². The summed E-state index contributed by atoms with van der Waals surface area (Å²) < 4.78 is 0. The van der Waals surface area contributed by atoms with Gasteiger partial charge in [-0.3, -0.25) is 14.8 Å². The number of nitrogens with zero attached hydrogens (tertiary/aromatic N) is 3. The molecule has 2 aromatic heterocycles. The highest BCUT2D eigenvalue weighted by molar-refractivity contribution is 5.97. The van der Waals surface area contributed by atoms with Crippen molar-refractivity contribution in [1.29, 1.82) is 0 Å². The zero-order valence-electron chi connectivity index (χ0n) is 16.6. The van der Waals surface area contributed by atoms with Gasteiger partial charge in [-0.2, -0.15) is 0 Å². The molecule has 4 rings (SSSR count). The van der Waals surface area contributed by atoms with Crippen LogP contribution in [0.1, 0.15) is 49.8 Å². The summed E-state index contributed by atoms with van der Waals surface area (Å²) in [5, 5.41) is 15.2. The van der Waals surface area contributed by atoms with Gasteiger partial charge in [-0.25, -0.2) is 0 Å². The molecule has 0 saturated carbocycles. The normalized spacial score (nSPS) is 14.9. The van der Waals surface area contributed by atoms with E-state index in [1.165, 1.54) is 0 Å². The Balaban J connectivity index is 1.88. The standard InChI is InChI=1S/C23H26N4O2/c1-2-7-20(28)26-21(16-8-5-10-24-15-16)18-14-19(27-12-3-4-13-27)17-9-6-11-25-22(17)23(18)29/h5-6,8-11,14-15,21,29H,2-4,7,12-13H2,1H3,(H,26,28). The molecule has 1 aliphatic heterocycles. The van der Waals surface area contributed by atoms with E-state index in [1.54, 1.807) is 18.6 Å². The Hall–Kier alpha value is -3.15. The molecule has 0 bridgehead atoms. The first-order chi connectivity index (χ1) is 14.2. The lowest BCUT2D eigenvalue weighted by molar-refractivity contribution is -0.121. The molecular formula is C23H26N4O2. The number of fused-ring (bicyclic) bond motifs is 1. The summed E-state index contributed by atoms with van der Waals surface area (Å²) in [5.41, 5.74) is 3.09. The molecule has 6 heteroatoms. The minimum atomic E-state index is -0.490. The molecule has 2 N–H and O–H groups in total. The Morgan fingerprint density at radius 1 is 1.24 bits per heavy atom. The Labute approximate surface area is 170 Å². The molecule has 3 aromatic rings. The van der Waals surface area contributed by atoms with Crippen LogP contribution < -0.4 is 10.2 Å². The lowest BCUT2D eigenvalue weighted by Gasteiger charge is -2.25. The second-order valence-corrected chi connectivity index (χ2v) is 7.46. The molecule has 6 nitrogen and oxygen atoms in total. The summed E-state index contributed by atoms with van der Waals surface area (Å²) in [6, 6.07) is 9.16. The maximum atomic E-state index is 12.5. The van der Waals surface area contributed by atoms with Gasteiger partial charge >= 0.3 is 0 Å². The van der Waals surface area contributed by atoms with E-state index in [0.717, 1.165) is 49.0 Å². The zero-order chi connectivity index (χ0) is 20.2. The Kier molecular flexibility index (Phi) is 5.60. The van der Waals surface area contributed by atoms with Crippen molar-refractivity contribution in [1.82, 2.24) is 15.3 Å². The maximum absolute atomic E-state index is 12.5. The van der Waals surface area contributed by atoms with Crippen LogP contribution in [0.4, 0.5) is 5.69 Å². The van der Waals surface area contributed by atoms with Crippen molar-refractivity contribution >= 4 is 22.5 Å². The third-order valence-electron chi connectivity index (χ3n) is 5.43. The van der Waals surface area contributed by atoms with Gasteiger partial charge in [0.05, 0.1) is 6.04 Å². The van der Waals surface area contributed by atoms with Crippen molar-refractivity contribution in [2.45, 2.75) is 38.6 Å². The first-order valence-electron chi connectivity index (χ1n) is 10.2. The molecule has 1 fully saturated rings. The number of hydrogen-bond donors (Lipinski definition) is 2. The summed E-state index contributed by atoms with van der Waals surface area (Å²) in [6.45, 7) is 3.93. The van der Waals surface area contributed by atoms with Crippen molar-refractivity contribution in [2.24, 2.45) is 0 Å². The lowest BCUT2D eigenvalue weighted by Crippen LogP contribution is -2.29. The van der Waals surface area contributed by atoms with Crippen molar-refractivity contribution in [2.75, 3.05) is 18.0 Å². The fourth-order valence-corrected chi connectivity index (χ4v) is 4.02. The van der Waals surface area contributed by atoms with Gasteiger partial charge in [0.1, 0.15) is 11.3 Å². The number of rotatable bonds is 6. The molecule has 29 heavy (non-hydrogen) atoms. The Morgan fingerprint density at radius 2 is 2.03 bits per heavy atom. The summed E-state index contributed by atoms with van der Waals surface area (Å²) in [7, 11) is 0. The Morgan fingerprint density at radius 3 is 2.76 bits per heavy atom. The molecule has 1 aromatic carbocycles. The van der Waals surface area contributed by atoms with Crippen LogP contribution in [0.3, 0.4) is 0 Å². The topological polar surface area (TPSA) is 78.4 Å². The summed E-state index contributed by atoms with van der Waals surface area (Å²) in [4.78, 5) is 23.5. The first-order valence-corrected chi connectivity index (χ1v) is 10.2. The van der Waals surface area contributed by atoms with Gasteiger partial charge in [0.15, 0.2) is 0 Å². The second-order valence-electron chi connectivity index (χ2n) is 7.46. The SMILES string of the molecule is CCCC(=O)NC(c1cccnc1)c1cc(N2CCCC2)c2cccnc2c1O.